The Morgan fingerprint density at radius 3 is 2.60 bits per heavy atom. The van der Waals surface area contributed by atoms with Gasteiger partial charge in [0.25, 0.3) is 0 Å². The highest BCUT2D eigenvalue weighted by Crippen LogP contribution is 2.26. The minimum absolute atomic E-state index is 0.0847. The molecule has 0 radical (unpaired) electrons. The lowest BCUT2D eigenvalue weighted by molar-refractivity contribution is -0.192. The fourth-order valence-electron chi connectivity index (χ4n) is 1.96. The number of hydrogen-bond donors (Lipinski definition) is 3. The number of aromatic amines is 1. The fourth-order valence-corrected chi connectivity index (χ4v) is 1.96. The van der Waals surface area contributed by atoms with Crippen molar-refractivity contribution >= 4 is 22.9 Å². The zero-order valence-electron chi connectivity index (χ0n) is 12.5. The van der Waals surface area contributed by atoms with Crippen LogP contribution in [0.4, 0.5) is 13.2 Å². The number of aliphatic carboxylic acids is 1. The zero-order chi connectivity index (χ0) is 18.6. The highest BCUT2D eigenvalue weighted by atomic mass is 19.4. The van der Waals surface area contributed by atoms with Gasteiger partial charge in [-0.15, -0.1) is 0 Å². The number of aromatic nitrogens is 4. The Morgan fingerprint density at radius 1 is 1.32 bits per heavy atom. The summed E-state index contributed by atoms with van der Waals surface area (Å²) in [7, 11) is 0. The number of H-pyrrole nitrogens is 1. The van der Waals surface area contributed by atoms with E-state index in [9.17, 15) is 18.0 Å². The first-order chi connectivity index (χ1) is 11.7. The van der Waals surface area contributed by atoms with Gasteiger partial charge in [-0.2, -0.15) is 18.3 Å². The average Bonchev–Trinajstić information content (AvgIpc) is 3.14. The second-order valence-electron chi connectivity index (χ2n) is 4.79. The summed E-state index contributed by atoms with van der Waals surface area (Å²) in [4.78, 5) is 27.0. The molecular weight excluding hydrogens is 343 g/mol. The van der Waals surface area contributed by atoms with E-state index in [0.29, 0.717) is 0 Å². The first kappa shape index (κ1) is 18.0. The van der Waals surface area contributed by atoms with Crippen molar-refractivity contribution in [1.82, 2.24) is 19.7 Å². The molecule has 3 aromatic heterocycles. The van der Waals surface area contributed by atoms with Crippen LogP contribution >= 0.6 is 0 Å². The number of amides is 1. The van der Waals surface area contributed by atoms with Gasteiger partial charge in [0, 0.05) is 29.5 Å². The third-order valence-corrected chi connectivity index (χ3v) is 2.96. The summed E-state index contributed by atoms with van der Waals surface area (Å²) >= 11 is 0. The number of nitrogens with one attached hydrogen (secondary N) is 1. The van der Waals surface area contributed by atoms with Gasteiger partial charge >= 0.3 is 12.1 Å². The van der Waals surface area contributed by atoms with Gasteiger partial charge in [-0.3, -0.25) is 9.48 Å². The molecular formula is C14H12F3N5O3. The van der Waals surface area contributed by atoms with Crippen LogP contribution in [0.25, 0.3) is 22.2 Å². The number of carbonyl (C=O) groups excluding carboxylic acids is 1. The summed E-state index contributed by atoms with van der Waals surface area (Å²) in [6.07, 6.45) is 2.01. The number of carboxylic acids is 1. The number of hydrogen-bond acceptors (Lipinski definition) is 4. The molecule has 1 amide bonds. The Balaban J connectivity index is 0.000000277. The Morgan fingerprint density at radius 2 is 2.00 bits per heavy atom. The lowest BCUT2D eigenvalue weighted by Gasteiger charge is -1.99. The van der Waals surface area contributed by atoms with Gasteiger partial charge in [0.2, 0.25) is 5.91 Å². The third kappa shape index (κ3) is 4.56. The summed E-state index contributed by atoms with van der Waals surface area (Å²) in [6, 6.07) is 3.88. The maximum Gasteiger partial charge on any atom is 0.490 e. The molecule has 0 saturated carbocycles. The summed E-state index contributed by atoms with van der Waals surface area (Å²) in [5.74, 6) is -3.17. The topological polar surface area (TPSA) is 127 Å². The molecule has 0 spiro atoms. The Bertz CT molecular complexity index is 900. The number of fused-ring (bicyclic) bond motifs is 1. The molecule has 0 unspecified atom stereocenters. The minimum Gasteiger partial charge on any atom is -0.475 e. The lowest BCUT2D eigenvalue weighted by atomic mass is 10.1. The van der Waals surface area contributed by atoms with Crippen molar-refractivity contribution in [2.24, 2.45) is 5.73 Å². The normalized spacial score (nSPS) is 11.0. The van der Waals surface area contributed by atoms with Crippen molar-refractivity contribution in [3.8, 4) is 11.1 Å². The van der Waals surface area contributed by atoms with E-state index in [1.54, 1.807) is 18.6 Å². The summed E-state index contributed by atoms with van der Waals surface area (Å²) in [5.41, 5.74) is 7.92. The number of nitrogens with two attached hydrogens (primary N) is 1. The van der Waals surface area contributed by atoms with E-state index in [1.807, 2.05) is 18.3 Å². The Kier molecular flexibility index (Phi) is 5.05. The quantitative estimate of drug-likeness (QED) is 0.657. The van der Waals surface area contributed by atoms with Gasteiger partial charge < -0.3 is 15.8 Å². The molecule has 3 aromatic rings. The van der Waals surface area contributed by atoms with Crippen LogP contribution in [0, 0.1) is 0 Å². The molecule has 8 nitrogen and oxygen atoms in total. The molecule has 3 heterocycles. The maximum atomic E-state index is 10.8. The number of pyridine rings is 1. The van der Waals surface area contributed by atoms with Crippen LogP contribution in [-0.2, 0) is 16.1 Å². The number of rotatable bonds is 3. The highest BCUT2D eigenvalue weighted by molar-refractivity contribution is 5.92. The molecule has 132 valence electrons. The largest absolute Gasteiger partial charge is 0.490 e. The summed E-state index contributed by atoms with van der Waals surface area (Å²) < 4.78 is 33.3. The van der Waals surface area contributed by atoms with Gasteiger partial charge in [-0.05, 0) is 17.7 Å². The number of carbonyl (C=O) groups is 2. The van der Waals surface area contributed by atoms with E-state index in [1.165, 1.54) is 4.68 Å². The second-order valence-corrected chi connectivity index (χ2v) is 4.79. The number of alkyl halides is 3. The molecule has 0 aromatic carbocycles. The molecule has 0 aliphatic rings. The molecule has 11 heteroatoms. The van der Waals surface area contributed by atoms with Gasteiger partial charge in [0.15, 0.2) is 0 Å². The molecule has 4 N–H and O–H groups in total. The molecule has 25 heavy (non-hydrogen) atoms. The van der Waals surface area contributed by atoms with Crippen molar-refractivity contribution < 1.29 is 27.9 Å². The van der Waals surface area contributed by atoms with E-state index in [2.05, 4.69) is 15.1 Å². The zero-order valence-corrected chi connectivity index (χ0v) is 12.5. The first-order valence-corrected chi connectivity index (χ1v) is 6.72. The number of nitrogens with zero attached hydrogens (tertiary/aromatic N) is 3. The van der Waals surface area contributed by atoms with Crippen molar-refractivity contribution in [1.29, 1.82) is 0 Å². The van der Waals surface area contributed by atoms with E-state index < -0.39 is 18.1 Å². The molecule has 0 bridgehead atoms. The van der Waals surface area contributed by atoms with E-state index in [4.69, 9.17) is 15.6 Å². The van der Waals surface area contributed by atoms with Crippen LogP contribution in [0.2, 0.25) is 0 Å². The predicted octanol–water partition coefficient (Wildman–Crippen LogP) is 1.54. The molecule has 0 atom stereocenters. The lowest BCUT2D eigenvalue weighted by Crippen LogP contribution is -2.21. The number of halogens is 3. The van der Waals surface area contributed by atoms with Crippen molar-refractivity contribution in [3.05, 3.63) is 36.9 Å². The van der Waals surface area contributed by atoms with Crippen LogP contribution in [0.5, 0.6) is 0 Å². The van der Waals surface area contributed by atoms with Crippen molar-refractivity contribution in [3.63, 3.8) is 0 Å². The van der Waals surface area contributed by atoms with Gasteiger partial charge in [-0.1, -0.05) is 0 Å². The van der Waals surface area contributed by atoms with Crippen LogP contribution in [0.3, 0.4) is 0 Å². The molecule has 0 aliphatic heterocycles. The molecule has 3 rings (SSSR count). The summed E-state index contributed by atoms with van der Waals surface area (Å²) in [6.45, 7) is 0.0847. The smallest absolute Gasteiger partial charge is 0.475 e. The molecule has 0 fully saturated rings. The van der Waals surface area contributed by atoms with Crippen LogP contribution < -0.4 is 5.73 Å². The summed E-state index contributed by atoms with van der Waals surface area (Å²) in [5, 5.41) is 12.3. The molecule has 0 saturated heterocycles. The standard InChI is InChI=1S/C12H11N5O.C2HF3O2/c13-11(18)7-17-6-8(5-16-17)9-1-3-14-12-10(9)2-4-15-12;3-2(4,5)1(6)7/h1-6H,7H2,(H2,13,18)(H,14,15);(H,6,7). The maximum absolute atomic E-state index is 10.8. The van der Waals surface area contributed by atoms with E-state index >= 15 is 0 Å². The minimum atomic E-state index is -5.08. The number of carboxylic acid groups (broad SMARTS) is 1. The first-order valence-electron chi connectivity index (χ1n) is 6.72. The van der Waals surface area contributed by atoms with Crippen molar-refractivity contribution in [2.45, 2.75) is 12.7 Å². The molecule has 0 aliphatic carbocycles. The van der Waals surface area contributed by atoms with Crippen LogP contribution in [0.1, 0.15) is 0 Å². The van der Waals surface area contributed by atoms with Crippen molar-refractivity contribution in [2.75, 3.05) is 0 Å². The SMILES string of the molecule is NC(=O)Cn1cc(-c2ccnc3[nH]ccc23)cn1.O=C(O)C(F)(F)F. The van der Waals surface area contributed by atoms with E-state index in [0.717, 1.165) is 22.2 Å². The van der Waals surface area contributed by atoms with Gasteiger partial charge in [-0.25, -0.2) is 9.78 Å². The monoisotopic (exact) mass is 355 g/mol. The fraction of sp³-hybridized carbons (Fsp3) is 0.143. The third-order valence-electron chi connectivity index (χ3n) is 2.96. The predicted molar refractivity (Wildman–Crippen MR) is 80.2 cm³/mol. The average molecular weight is 355 g/mol. The van der Waals surface area contributed by atoms with Crippen LogP contribution in [0.15, 0.2) is 36.9 Å². The van der Waals surface area contributed by atoms with Crippen LogP contribution in [-0.4, -0.2) is 42.9 Å². The Hall–Kier alpha value is -3.37. The van der Waals surface area contributed by atoms with E-state index in [-0.39, 0.29) is 6.54 Å². The Labute approximate surface area is 138 Å². The number of primary amides is 1. The second kappa shape index (κ2) is 7.03. The highest BCUT2D eigenvalue weighted by Gasteiger charge is 2.38. The van der Waals surface area contributed by atoms with Gasteiger partial charge in [0.05, 0.1) is 6.20 Å². The van der Waals surface area contributed by atoms with Gasteiger partial charge in [0.1, 0.15) is 12.2 Å².